The summed E-state index contributed by atoms with van der Waals surface area (Å²) in [4.78, 5) is 0. The van der Waals surface area contributed by atoms with Gasteiger partial charge in [0.05, 0.1) is 16.9 Å². The van der Waals surface area contributed by atoms with Crippen LogP contribution in [0.15, 0.2) is 18.3 Å². The summed E-state index contributed by atoms with van der Waals surface area (Å²) < 4.78 is 27.8. The molecule has 0 aliphatic heterocycles. The summed E-state index contributed by atoms with van der Waals surface area (Å²) in [5.41, 5.74) is 0.621. The van der Waals surface area contributed by atoms with Gasteiger partial charge in [0, 0.05) is 12.6 Å². The second-order valence-electron chi connectivity index (χ2n) is 3.39. The highest BCUT2D eigenvalue weighted by Crippen LogP contribution is 2.25. The van der Waals surface area contributed by atoms with Crippen LogP contribution >= 0.6 is 11.6 Å². The zero-order valence-electron chi connectivity index (χ0n) is 8.91. The first-order chi connectivity index (χ1) is 8.13. The Balaban J connectivity index is 2.56. The Morgan fingerprint density at radius 3 is 2.82 bits per heavy atom. The molecule has 0 aliphatic carbocycles. The molecule has 1 N–H and O–H groups in total. The maximum Gasteiger partial charge on any atom is 0.153 e. The van der Waals surface area contributed by atoms with Crippen LogP contribution in [0.4, 0.5) is 8.78 Å². The van der Waals surface area contributed by atoms with Crippen molar-refractivity contribution in [3.63, 3.8) is 0 Å². The van der Waals surface area contributed by atoms with Gasteiger partial charge in [-0.3, -0.25) is 0 Å². The lowest BCUT2D eigenvalue weighted by Gasteiger charge is -2.08. The summed E-state index contributed by atoms with van der Waals surface area (Å²) in [7, 11) is 1.74. The van der Waals surface area contributed by atoms with Crippen LogP contribution in [-0.4, -0.2) is 22.0 Å². The third kappa shape index (κ3) is 2.27. The maximum absolute atomic E-state index is 13.7. The molecule has 2 aromatic rings. The van der Waals surface area contributed by atoms with Gasteiger partial charge >= 0.3 is 0 Å². The smallest absolute Gasteiger partial charge is 0.153 e. The van der Waals surface area contributed by atoms with E-state index in [1.807, 2.05) is 0 Å². The van der Waals surface area contributed by atoms with Gasteiger partial charge < -0.3 is 5.32 Å². The SMILES string of the molecule is CNCc1cnnn1-c1c(F)cc(F)cc1Cl. The Labute approximate surface area is 101 Å². The molecule has 0 saturated heterocycles. The lowest BCUT2D eigenvalue weighted by molar-refractivity contribution is 0.568. The standard InChI is InChI=1S/C10H9ClF2N4/c1-14-4-7-5-15-16-17(7)10-8(11)2-6(12)3-9(10)13/h2-3,5,14H,4H2,1H3. The molecule has 4 nitrogen and oxygen atoms in total. The topological polar surface area (TPSA) is 42.7 Å². The average molecular weight is 259 g/mol. The van der Waals surface area contributed by atoms with Crippen molar-refractivity contribution in [1.29, 1.82) is 0 Å². The van der Waals surface area contributed by atoms with E-state index in [0.29, 0.717) is 12.2 Å². The van der Waals surface area contributed by atoms with Gasteiger partial charge in [-0.2, -0.15) is 0 Å². The van der Waals surface area contributed by atoms with Gasteiger partial charge in [-0.05, 0) is 13.1 Å². The summed E-state index contributed by atoms with van der Waals surface area (Å²) in [5, 5.41) is 10.3. The molecule has 0 atom stereocenters. The lowest BCUT2D eigenvalue weighted by Crippen LogP contribution is -2.12. The highest BCUT2D eigenvalue weighted by molar-refractivity contribution is 6.32. The monoisotopic (exact) mass is 258 g/mol. The van der Waals surface area contributed by atoms with E-state index >= 15 is 0 Å². The molecule has 0 fully saturated rings. The van der Waals surface area contributed by atoms with Crippen LogP contribution in [0.2, 0.25) is 5.02 Å². The van der Waals surface area contributed by atoms with Crippen molar-refractivity contribution in [1.82, 2.24) is 20.3 Å². The molecule has 1 heterocycles. The van der Waals surface area contributed by atoms with E-state index in [4.69, 9.17) is 11.6 Å². The first kappa shape index (κ1) is 11.9. The van der Waals surface area contributed by atoms with Crippen molar-refractivity contribution in [2.24, 2.45) is 0 Å². The highest BCUT2D eigenvalue weighted by Gasteiger charge is 2.15. The first-order valence-corrected chi connectivity index (χ1v) is 5.20. The Morgan fingerprint density at radius 1 is 1.41 bits per heavy atom. The average Bonchev–Trinajstić information content (AvgIpc) is 2.65. The summed E-state index contributed by atoms with van der Waals surface area (Å²) in [5.74, 6) is -1.51. The Bertz CT molecular complexity index is 518. The molecule has 0 amide bonds. The highest BCUT2D eigenvalue weighted by atomic mass is 35.5. The molecular weight excluding hydrogens is 250 g/mol. The minimum Gasteiger partial charge on any atom is -0.314 e. The van der Waals surface area contributed by atoms with E-state index in [2.05, 4.69) is 15.6 Å². The van der Waals surface area contributed by atoms with Crippen molar-refractivity contribution >= 4 is 11.6 Å². The van der Waals surface area contributed by atoms with E-state index in [9.17, 15) is 8.78 Å². The fourth-order valence-corrected chi connectivity index (χ4v) is 1.76. The van der Waals surface area contributed by atoms with E-state index < -0.39 is 11.6 Å². The molecule has 0 saturated carbocycles. The van der Waals surface area contributed by atoms with Crippen LogP contribution in [-0.2, 0) is 6.54 Å². The van der Waals surface area contributed by atoms with Crippen molar-refractivity contribution in [2.75, 3.05) is 7.05 Å². The fraction of sp³-hybridized carbons (Fsp3) is 0.200. The molecule has 90 valence electrons. The van der Waals surface area contributed by atoms with Gasteiger partial charge in [-0.1, -0.05) is 16.8 Å². The molecule has 0 unspecified atom stereocenters. The van der Waals surface area contributed by atoms with Crippen LogP contribution in [0, 0.1) is 11.6 Å². The predicted molar refractivity (Wildman–Crippen MR) is 59.0 cm³/mol. The van der Waals surface area contributed by atoms with Gasteiger partial charge in [0.2, 0.25) is 0 Å². The fourth-order valence-electron chi connectivity index (χ4n) is 1.48. The van der Waals surface area contributed by atoms with Crippen LogP contribution in [0.25, 0.3) is 5.69 Å². The van der Waals surface area contributed by atoms with Crippen molar-refractivity contribution in [3.05, 3.63) is 40.7 Å². The Hall–Kier alpha value is -1.53. The molecule has 17 heavy (non-hydrogen) atoms. The number of halogens is 3. The summed E-state index contributed by atoms with van der Waals surface area (Å²) >= 11 is 5.81. The molecule has 0 spiro atoms. The number of nitrogens with zero attached hydrogens (tertiary/aromatic N) is 3. The number of rotatable bonds is 3. The third-order valence-corrected chi connectivity index (χ3v) is 2.46. The van der Waals surface area contributed by atoms with Crippen molar-refractivity contribution < 1.29 is 8.78 Å². The maximum atomic E-state index is 13.7. The van der Waals surface area contributed by atoms with Crippen LogP contribution in [0.3, 0.4) is 0 Å². The third-order valence-electron chi connectivity index (χ3n) is 2.17. The number of nitrogens with one attached hydrogen (secondary N) is 1. The van der Waals surface area contributed by atoms with Gasteiger partial charge in [-0.15, -0.1) is 5.10 Å². The molecule has 1 aromatic carbocycles. The quantitative estimate of drug-likeness (QED) is 0.915. The van der Waals surface area contributed by atoms with E-state index in [0.717, 1.165) is 12.1 Å². The van der Waals surface area contributed by atoms with Crippen molar-refractivity contribution in [3.8, 4) is 5.69 Å². The zero-order valence-corrected chi connectivity index (χ0v) is 9.67. The molecule has 7 heteroatoms. The lowest BCUT2D eigenvalue weighted by atomic mass is 10.3. The minimum absolute atomic E-state index is 0.00387. The zero-order chi connectivity index (χ0) is 12.4. The van der Waals surface area contributed by atoms with E-state index in [-0.39, 0.29) is 10.7 Å². The van der Waals surface area contributed by atoms with Crippen LogP contribution < -0.4 is 5.32 Å². The second kappa shape index (κ2) is 4.77. The molecule has 0 bridgehead atoms. The Kier molecular flexibility index (Phi) is 3.35. The normalized spacial score (nSPS) is 10.8. The van der Waals surface area contributed by atoms with Crippen LogP contribution in [0.1, 0.15) is 5.69 Å². The van der Waals surface area contributed by atoms with Crippen molar-refractivity contribution in [2.45, 2.75) is 6.54 Å². The first-order valence-electron chi connectivity index (χ1n) is 4.82. The molecule has 0 aliphatic rings. The summed E-state index contributed by atoms with van der Waals surface area (Å²) in [6, 6.07) is 1.79. The van der Waals surface area contributed by atoms with E-state index in [1.54, 1.807) is 7.05 Å². The number of hydrogen-bond donors (Lipinski definition) is 1. The summed E-state index contributed by atoms with van der Waals surface area (Å²) in [6.07, 6.45) is 1.48. The summed E-state index contributed by atoms with van der Waals surface area (Å²) in [6.45, 7) is 0.445. The molecular formula is C10H9ClF2N4. The molecule has 0 radical (unpaired) electrons. The number of benzene rings is 1. The van der Waals surface area contributed by atoms with Crippen LogP contribution in [0.5, 0.6) is 0 Å². The second-order valence-corrected chi connectivity index (χ2v) is 3.79. The number of hydrogen-bond acceptors (Lipinski definition) is 3. The van der Waals surface area contributed by atoms with Gasteiger partial charge in [-0.25, -0.2) is 13.5 Å². The largest absolute Gasteiger partial charge is 0.314 e. The Morgan fingerprint density at radius 2 is 2.18 bits per heavy atom. The van der Waals surface area contributed by atoms with Gasteiger partial charge in [0.25, 0.3) is 0 Å². The van der Waals surface area contributed by atoms with Gasteiger partial charge in [0.15, 0.2) is 5.82 Å². The number of aromatic nitrogens is 3. The molecule has 1 aromatic heterocycles. The molecule has 2 rings (SSSR count). The van der Waals surface area contributed by atoms with E-state index in [1.165, 1.54) is 10.9 Å². The van der Waals surface area contributed by atoms with Gasteiger partial charge in [0.1, 0.15) is 11.5 Å². The minimum atomic E-state index is -0.780. The predicted octanol–water partition coefficient (Wildman–Crippen LogP) is 1.92.